The number of nitrogens with one attached hydrogen (secondary N) is 1. The molecule has 1 N–H and O–H groups in total. The van der Waals surface area contributed by atoms with Crippen LogP contribution < -0.4 is 10.1 Å². The predicted octanol–water partition coefficient (Wildman–Crippen LogP) is 2.13. The van der Waals surface area contributed by atoms with Crippen LogP contribution in [0.5, 0.6) is 5.75 Å². The topological polar surface area (TPSA) is 47.6 Å². The maximum atomic E-state index is 10.9. The summed E-state index contributed by atoms with van der Waals surface area (Å²) in [6, 6.07) is 7.94. The van der Waals surface area contributed by atoms with Gasteiger partial charge in [-0.25, -0.2) is 0 Å². The van der Waals surface area contributed by atoms with Crippen LogP contribution in [0.4, 0.5) is 0 Å². The van der Waals surface area contributed by atoms with E-state index in [4.69, 9.17) is 4.74 Å². The Kier molecular flexibility index (Phi) is 6.22. The van der Waals surface area contributed by atoms with Gasteiger partial charge in [0.1, 0.15) is 5.75 Å². The average Bonchev–Trinajstić information content (AvgIpc) is 2.34. The second-order valence-corrected chi connectivity index (χ2v) is 4.32. The number of hydrogen-bond acceptors (Lipinski definition) is 4. The third-order valence-corrected chi connectivity index (χ3v) is 2.33. The number of methoxy groups -OCH3 is 1. The van der Waals surface area contributed by atoms with Crippen LogP contribution in [-0.4, -0.2) is 25.7 Å². The molecule has 0 heterocycles. The predicted molar refractivity (Wildman–Crippen MR) is 70.5 cm³/mol. The van der Waals surface area contributed by atoms with Gasteiger partial charge in [0.15, 0.2) is 0 Å². The van der Waals surface area contributed by atoms with Gasteiger partial charge in [0.25, 0.3) is 0 Å². The van der Waals surface area contributed by atoms with Crippen LogP contribution in [-0.2, 0) is 16.1 Å². The van der Waals surface area contributed by atoms with Crippen molar-refractivity contribution in [3.63, 3.8) is 0 Å². The molecule has 0 spiro atoms. The second-order valence-electron chi connectivity index (χ2n) is 4.32. The molecule has 18 heavy (non-hydrogen) atoms. The smallest absolute Gasteiger partial charge is 0.306 e. The number of carbonyl (C=O) groups excluding carboxylic acids is 1. The molecule has 0 radical (unpaired) electrons. The van der Waals surface area contributed by atoms with Gasteiger partial charge in [-0.3, -0.25) is 4.79 Å². The van der Waals surface area contributed by atoms with E-state index < -0.39 is 0 Å². The maximum Gasteiger partial charge on any atom is 0.306 e. The highest BCUT2D eigenvalue weighted by atomic mass is 16.5. The zero-order valence-electron chi connectivity index (χ0n) is 11.2. The van der Waals surface area contributed by atoms with E-state index in [9.17, 15) is 4.79 Å². The van der Waals surface area contributed by atoms with Crippen molar-refractivity contribution in [2.45, 2.75) is 32.9 Å². The van der Waals surface area contributed by atoms with E-state index in [1.165, 1.54) is 7.11 Å². The fourth-order valence-electron chi connectivity index (χ4n) is 1.53. The third kappa shape index (κ3) is 5.68. The third-order valence-electron chi connectivity index (χ3n) is 2.33. The lowest BCUT2D eigenvalue weighted by molar-refractivity contribution is -0.140. The lowest BCUT2D eigenvalue weighted by Gasteiger charge is -2.11. The molecule has 0 fully saturated rings. The van der Waals surface area contributed by atoms with Gasteiger partial charge in [0.2, 0.25) is 0 Å². The van der Waals surface area contributed by atoms with E-state index in [-0.39, 0.29) is 12.1 Å². The van der Waals surface area contributed by atoms with Crippen molar-refractivity contribution in [1.29, 1.82) is 0 Å². The molecule has 1 aromatic rings. The number of ether oxygens (including phenoxy) is 2. The highest BCUT2D eigenvalue weighted by molar-refractivity contribution is 5.69. The molecular formula is C14H21NO3. The van der Waals surface area contributed by atoms with Gasteiger partial charge in [-0.15, -0.1) is 0 Å². The van der Waals surface area contributed by atoms with Crippen molar-refractivity contribution >= 4 is 5.97 Å². The van der Waals surface area contributed by atoms with E-state index >= 15 is 0 Å². The van der Waals surface area contributed by atoms with E-state index in [1.807, 2.05) is 38.1 Å². The summed E-state index contributed by atoms with van der Waals surface area (Å²) >= 11 is 0. The SMILES string of the molecule is COC(=O)CCNCc1cccc(OC(C)C)c1. The van der Waals surface area contributed by atoms with E-state index in [1.54, 1.807) is 0 Å². The molecule has 1 rings (SSSR count). The molecule has 0 saturated heterocycles. The Morgan fingerprint density at radius 3 is 2.83 bits per heavy atom. The van der Waals surface area contributed by atoms with E-state index in [0.29, 0.717) is 19.5 Å². The van der Waals surface area contributed by atoms with Crippen LogP contribution in [0.1, 0.15) is 25.8 Å². The van der Waals surface area contributed by atoms with Gasteiger partial charge in [0.05, 0.1) is 19.6 Å². The minimum Gasteiger partial charge on any atom is -0.491 e. The van der Waals surface area contributed by atoms with E-state index in [2.05, 4.69) is 10.1 Å². The first kappa shape index (κ1) is 14.5. The molecule has 4 nitrogen and oxygen atoms in total. The summed E-state index contributed by atoms with van der Waals surface area (Å²) in [5, 5.41) is 3.19. The Balaban J connectivity index is 2.35. The zero-order valence-corrected chi connectivity index (χ0v) is 11.2. The van der Waals surface area contributed by atoms with Crippen LogP contribution in [0.25, 0.3) is 0 Å². The molecule has 0 aliphatic heterocycles. The summed E-state index contributed by atoms with van der Waals surface area (Å²) in [4.78, 5) is 10.9. The maximum absolute atomic E-state index is 10.9. The molecule has 1 aromatic carbocycles. The van der Waals surface area contributed by atoms with Crippen molar-refractivity contribution in [2.75, 3.05) is 13.7 Å². The van der Waals surface area contributed by atoms with Crippen molar-refractivity contribution in [2.24, 2.45) is 0 Å². The van der Waals surface area contributed by atoms with Gasteiger partial charge >= 0.3 is 5.97 Å². The second kappa shape index (κ2) is 7.71. The summed E-state index contributed by atoms with van der Waals surface area (Å²) in [5.41, 5.74) is 1.14. The summed E-state index contributed by atoms with van der Waals surface area (Å²) in [6.45, 7) is 5.33. The fourth-order valence-corrected chi connectivity index (χ4v) is 1.53. The molecule has 4 heteroatoms. The number of rotatable bonds is 7. The lowest BCUT2D eigenvalue weighted by atomic mass is 10.2. The minimum atomic E-state index is -0.195. The summed E-state index contributed by atoms with van der Waals surface area (Å²) in [6.07, 6.45) is 0.561. The molecule has 0 amide bonds. The number of benzene rings is 1. The molecule has 0 bridgehead atoms. The molecule has 0 atom stereocenters. The number of esters is 1. The van der Waals surface area contributed by atoms with Gasteiger partial charge < -0.3 is 14.8 Å². The Morgan fingerprint density at radius 1 is 1.39 bits per heavy atom. The molecule has 0 unspecified atom stereocenters. The molecule has 0 aliphatic carbocycles. The van der Waals surface area contributed by atoms with Crippen molar-refractivity contribution < 1.29 is 14.3 Å². The number of hydrogen-bond donors (Lipinski definition) is 1. The highest BCUT2D eigenvalue weighted by Gasteiger charge is 2.01. The molecule has 0 aliphatic rings. The lowest BCUT2D eigenvalue weighted by Crippen LogP contribution is -2.18. The van der Waals surface area contributed by atoms with Crippen molar-refractivity contribution in [3.05, 3.63) is 29.8 Å². The van der Waals surface area contributed by atoms with Crippen LogP contribution >= 0.6 is 0 Å². The van der Waals surface area contributed by atoms with Crippen LogP contribution in [0.2, 0.25) is 0 Å². The Morgan fingerprint density at radius 2 is 2.17 bits per heavy atom. The Labute approximate surface area is 108 Å². The highest BCUT2D eigenvalue weighted by Crippen LogP contribution is 2.14. The van der Waals surface area contributed by atoms with Crippen LogP contribution in [0.3, 0.4) is 0 Å². The molecule has 100 valence electrons. The summed E-state index contributed by atoms with van der Waals surface area (Å²) < 4.78 is 10.2. The molecule has 0 saturated carbocycles. The standard InChI is InChI=1S/C14H21NO3/c1-11(2)18-13-6-4-5-12(9-13)10-15-8-7-14(16)17-3/h4-6,9,11,15H,7-8,10H2,1-3H3. The monoisotopic (exact) mass is 251 g/mol. The largest absolute Gasteiger partial charge is 0.491 e. The first-order chi connectivity index (χ1) is 8.61. The Bertz CT molecular complexity index is 377. The van der Waals surface area contributed by atoms with Gasteiger partial charge in [-0.05, 0) is 31.5 Å². The quantitative estimate of drug-likeness (QED) is 0.595. The zero-order chi connectivity index (χ0) is 13.4. The van der Waals surface area contributed by atoms with Gasteiger partial charge in [-0.2, -0.15) is 0 Å². The van der Waals surface area contributed by atoms with Gasteiger partial charge in [-0.1, -0.05) is 12.1 Å². The first-order valence-electron chi connectivity index (χ1n) is 6.15. The fraction of sp³-hybridized carbons (Fsp3) is 0.500. The summed E-state index contributed by atoms with van der Waals surface area (Å²) in [5.74, 6) is 0.677. The van der Waals surface area contributed by atoms with Crippen LogP contribution in [0, 0.1) is 0 Å². The van der Waals surface area contributed by atoms with E-state index in [0.717, 1.165) is 11.3 Å². The molecule has 0 aromatic heterocycles. The average molecular weight is 251 g/mol. The summed E-state index contributed by atoms with van der Waals surface area (Å²) in [7, 11) is 1.40. The minimum absolute atomic E-state index is 0.174. The number of carbonyl (C=O) groups is 1. The van der Waals surface area contributed by atoms with Crippen molar-refractivity contribution in [1.82, 2.24) is 5.32 Å². The first-order valence-corrected chi connectivity index (χ1v) is 6.15. The van der Waals surface area contributed by atoms with Crippen molar-refractivity contribution in [3.8, 4) is 5.75 Å². The van der Waals surface area contributed by atoms with Crippen LogP contribution in [0.15, 0.2) is 24.3 Å². The normalized spacial score (nSPS) is 10.4. The molecular weight excluding hydrogens is 230 g/mol. The van der Waals surface area contributed by atoms with Gasteiger partial charge in [0, 0.05) is 13.1 Å². The Hall–Kier alpha value is -1.55.